The second-order valence-corrected chi connectivity index (χ2v) is 27.3. The minimum Gasteiger partial charge on any atom is -0.508 e. The number of primary amides is 1. The lowest BCUT2D eigenvalue weighted by atomic mass is 9.85. The van der Waals surface area contributed by atoms with Crippen molar-refractivity contribution < 1.29 is 58.8 Å². The number of aromatic hydroxyl groups is 1. The number of benzene rings is 1. The molecule has 11 rings (SSSR count). The number of nitrogens with zero attached hydrogens (tertiary/aromatic N) is 9. The number of nitrogens with two attached hydrogens (primary N) is 1. The summed E-state index contributed by atoms with van der Waals surface area (Å²) in [5.74, 6) is -6.42. The molecule has 6 amide bonds. The van der Waals surface area contributed by atoms with Crippen LogP contribution in [0.15, 0.2) is 63.3 Å². The first-order valence-electron chi connectivity index (χ1n) is 28.2. The molecule has 25 nitrogen and oxygen atoms in total. The number of aromatic nitrogens is 7. The molecule has 2 fully saturated rings. The van der Waals surface area contributed by atoms with Crippen LogP contribution < -0.4 is 21.7 Å². The fraction of sp³-hybridized carbons (Fsp3) is 0.362. The SMILES string of the molecule is Cc1sc2nc1C(=O)NCc1nc(cs1)C(=O)N[C@@H](Cc1ccc(O)cc1)C(=O)N1C[C@H](O)[C@H](C)[C@H]1c1nc(cs1)-c1nc(cs1)-c1nc(-c3nc(C(=O)N(CCCCC(=O)O)C4CCC(C(=O)O)CC4)cs3)ccc1-c1nc(cs1)C(=O)N[C@H]2CC(N)=O. The number of aliphatic hydroxyl groups is 1. The van der Waals surface area contributed by atoms with Crippen LogP contribution in [-0.2, 0) is 32.1 Å². The molecule has 3 aliphatic rings. The lowest BCUT2D eigenvalue weighted by Gasteiger charge is -2.35. The summed E-state index contributed by atoms with van der Waals surface area (Å²) in [6, 6.07) is 6.42. The van der Waals surface area contributed by atoms with E-state index in [-0.39, 0.29) is 84.4 Å². The molecule has 0 spiro atoms. The van der Waals surface area contributed by atoms with E-state index in [4.69, 9.17) is 30.7 Å². The van der Waals surface area contributed by atoms with E-state index in [0.29, 0.717) is 102 Å². The van der Waals surface area contributed by atoms with Gasteiger partial charge < -0.3 is 51.9 Å². The predicted octanol–water partition coefficient (Wildman–Crippen LogP) is 7.35. The molecule has 10 bridgehead atoms. The number of carbonyl (C=O) groups excluding carboxylic acids is 6. The third kappa shape index (κ3) is 13.9. The first-order chi connectivity index (χ1) is 42.7. The summed E-state index contributed by atoms with van der Waals surface area (Å²) >= 11 is 7.03. The highest BCUT2D eigenvalue weighted by molar-refractivity contribution is 7.15. The maximum atomic E-state index is 15.0. The third-order valence-corrected chi connectivity index (χ3v) is 21.1. The number of amides is 6. The van der Waals surface area contributed by atoms with Crippen molar-refractivity contribution in [2.45, 2.75) is 108 Å². The number of thiazole rings is 6. The topological polar surface area (TPSA) is 376 Å². The molecule has 1 aliphatic carbocycles. The normalized spacial score (nSPS) is 20.7. The molecule has 462 valence electrons. The second-order valence-electron chi connectivity index (χ2n) is 21.7. The van der Waals surface area contributed by atoms with Gasteiger partial charge in [-0.25, -0.2) is 34.9 Å². The molecule has 1 saturated heterocycles. The maximum absolute atomic E-state index is 15.0. The molecule has 89 heavy (non-hydrogen) atoms. The highest BCUT2D eigenvalue weighted by Crippen LogP contribution is 2.43. The Morgan fingerprint density at radius 3 is 2.11 bits per heavy atom. The lowest BCUT2D eigenvalue weighted by molar-refractivity contribution is -0.143. The summed E-state index contributed by atoms with van der Waals surface area (Å²) in [5, 5.41) is 59.5. The van der Waals surface area contributed by atoms with Gasteiger partial charge in [0.25, 0.3) is 23.6 Å². The zero-order valence-corrected chi connectivity index (χ0v) is 52.4. The van der Waals surface area contributed by atoms with E-state index in [0.717, 1.165) is 34.0 Å². The monoisotopic (exact) mass is 1320 g/mol. The number of phenolic OH excluding ortho intramolecular Hbond substituents is 1. The van der Waals surface area contributed by atoms with Gasteiger partial charge in [0.1, 0.15) is 81.7 Å². The van der Waals surface area contributed by atoms with Crippen molar-refractivity contribution in [2.75, 3.05) is 13.1 Å². The number of aliphatic carboxylic acids is 2. The first kappa shape index (κ1) is 62.3. The Balaban J connectivity index is 0.962. The van der Waals surface area contributed by atoms with Crippen LogP contribution in [0.1, 0.15) is 138 Å². The number of carboxylic acids is 2. The first-order valence-corrected chi connectivity index (χ1v) is 33.4. The maximum Gasteiger partial charge on any atom is 0.306 e. The number of carboxylic acid groups (broad SMARTS) is 2. The van der Waals surface area contributed by atoms with Crippen LogP contribution in [0.2, 0.25) is 0 Å². The number of rotatable bonds is 13. The van der Waals surface area contributed by atoms with Gasteiger partial charge in [-0.05, 0) is 75.3 Å². The molecule has 0 unspecified atom stereocenters. The largest absolute Gasteiger partial charge is 0.508 e. The Labute approximate surface area is 531 Å². The van der Waals surface area contributed by atoms with E-state index in [1.807, 2.05) is 6.92 Å². The molecule has 9 N–H and O–H groups in total. The van der Waals surface area contributed by atoms with Gasteiger partial charge in [0.15, 0.2) is 0 Å². The molecular formula is C58H57N13O12S6. The van der Waals surface area contributed by atoms with E-state index in [2.05, 4.69) is 25.9 Å². The number of hydrogen-bond acceptors (Lipinski definition) is 23. The number of carbonyl (C=O) groups is 8. The van der Waals surface area contributed by atoms with Crippen LogP contribution in [-0.4, -0.2) is 144 Å². The van der Waals surface area contributed by atoms with Gasteiger partial charge in [-0.3, -0.25) is 38.4 Å². The van der Waals surface area contributed by atoms with Crippen molar-refractivity contribution >= 4 is 115 Å². The number of fused-ring (bicyclic) bond motifs is 16. The Kier molecular flexibility index (Phi) is 18.7. The lowest BCUT2D eigenvalue weighted by Crippen LogP contribution is -2.50. The number of hydrogen-bond donors (Lipinski definition) is 8. The molecule has 7 aromatic heterocycles. The third-order valence-electron chi connectivity index (χ3n) is 15.6. The minimum absolute atomic E-state index is 0.00539. The summed E-state index contributed by atoms with van der Waals surface area (Å²) < 4.78 is 0. The summed E-state index contributed by atoms with van der Waals surface area (Å²) in [6.07, 6.45) is 1.07. The van der Waals surface area contributed by atoms with Crippen LogP contribution in [0.4, 0.5) is 0 Å². The van der Waals surface area contributed by atoms with Crippen LogP contribution in [0, 0.1) is 18.8 Å². The summed E-state index contributed by atoms with van der Waals surface area (Å²) in [7, 11) is 0. The number of unbranched alkanes of at least 4 members (excludes halogenated alkanes) is 1. The van der Waals surface area contributed by atoms with Crippen molar-refractivity contribution in [3.63, 3.8) is 0 Å². The van der Waals surface area contributed by atoms with Crippen LogP contribution in [0.3, 0.4) is 0 Å². The Bertz CT molecular complexity index is 4020. The minimum atomic E-state index is -1.19. The molecule has 0 radical (unpaired) electrons. The van der Waals surface area contributed by atoms with Crippen molar-refractivity contribution in [3.05, 3.63) is 112 Å². The Hall–Kier alpha value is -8.33. The smallest absolute Gasteiger partial charge is 0.306 e. The average Bonchev–Trinajstić information content (AvgIpc) is 1.81. The van der Waals surface area contributed by atoms with Gasteiger partial charge in [-0.1, -0.05) is 19.1 Å². The van der Waals surface area contributed by atoms with Gasteiger partial charge in [0.2, 0.25) is 11.8 Å². The van der Waals surface area contributed by atoms with Gasteiger partial charge in [0, 0.05) is 75.2 Å². The highest BCUT2D eigenvalue weighted by atomic mass is 32.1. The highest BCUT2D eigenvalue weighted by Gasteiger charge is 2.45. The molecule has 8 aromatic rings. The van der Waals surface area contributed by atoms with E-state index < -0.39 is 77.5 Å². The quantitative estimate of drug-likeness (QED) is 0.0523. The number of nitrogens with one attached hydrogen (secondary N) is 3. The van der Waals surface area contributed by atoms with E-state index in [1.54, 1.807) is 52.2 Å². The van der Waals surface area contributed by atoms with Crippen LogP contribution in [0.25, 0.3) is 43.4 Å². The predicted molar refractivity (Wildman–Crippen MR) is 331 cm³/mol. The zero-order valence-electron chi connectivity index (χ0n) is 47.5. The average molecular weight is 1320 g/mol. The number of aliphatic hydroxyl groups excluding tert-OH is 1. The fourth-order valence-corrected chi connectivity index (χ4v) is 16.1. The van der Waals surface area contributed by atoms with Gasteiger partial charge in [-0.2, -0.15) is 0 Å². The molecule has 2 aliphatic heterocycles. The number of phenols is 1. The molecule has 9 heterocycles. The Morgan fingerprint density at radius 2 is 1.37 bits per heavy atom. The van der Waals surface area contributed by atoms with Crippen LogP contribution >= 0.6 is 68.0 Å². The fourth-order valence-electron chi connectivity index (χ4n) is 11.0. The van der Waals surface area contributed by atoms with E-state index in [9.17, 15) is 58.8 Å². The van der Waals surface area contributed by atoms with Crippen molar-refractivity contribution in [1.82, 2.24) is 60.6 Å². The van der Waals surface area contributed by atoms with Crippen LogP contribution in [0.5, 0.6) is 5.75 Å². The Morgan fingerprint density at radius 1 is 0.697 bits per heavy atom. The standard InChI is InChI=1S/C58H57N13O12S6/c1-26-41(73)20-71-47(26)55-67-39(24-88-55)53-65-36(21-86-53)46-32(14-15-33(62-46)52-68-40(25-87-52)57(81)70(16-4-3-5-44(75)76)30-10-8-29(9-11-30)58(82)83)51-66-38(23-85-51)49(78)63-34(18-42(59)74)54-69-45(27(2)89-54)50(79)60-19-43-61-37(22-84-43)48(77)64-35(56(71)80)17-28-6-12-31(72)13-7-28/h6-7,12-15,21-26,29-30,34-35,41,47,72-73H,3-5,8-11,16-20H2,1-2H3,(H2,59,74)(H,60,79)(H,63,78)(H,64,77)(H,75,76)(H,82,83)/t26-,29?,30?,34-,35-,41-,47-/m0/s1. The van der Waals surface area contributed by atoms with Crippen molar-refractivity contribution in [3.8, 4) is 49.1 Å². The van der Waals surface area contributed by atoms with Gasteiger partial charge in [0.05, 0.1) is 42.8 Å². The molecule has 5 atom stereocenters. The van der Waals surface area contributed by atoms with Crippen molar-refractivity contribution in [1.29, 1.82) is 0 Å². The van der Waals surface area contributed by atoms with Gasteiger partial charge in [-0.15, -0.1) is 68.0 Å². The summed E-state index contributed by atoms with van der Waals surface area (Å²) in [5.41, 5.74) is 8.41. The summed E-state index contributed by atoms with van der Waals surface area (Å²) in [6.45, 7) is 3.55. The van der Waals surface area contributed by atoms with Gasteiger partial charge >= 0.3 is 11.9 Å². The van der Waals surface area contributed by atoms with E-state index in [1.165, 1.54) is 61.8 Å². The number of pyridine rings is 1. The van der Waals surface area contributed by atoms with Crippen molar-refractivity contribution in [2.24, 2.45) is 17.6 Å². The molecular weight excluding hydrogens is 1260 g/mol. The van der Waals surface area contributed by atoms with E-state index >= 15 is 0 Å². The summed E-state index contributed by atoms with van der Waals surface area (Å²) in [4.78, 5) is 145. The zero-order chi connectivity index (χ0) is 62.8. The number of aryl methyl sites for hydroxylation is 1. The molecule has 1 aromatic carbocycles. The second kappa shape index (κ2) is 26.8. The molecule has 31 heteroatoms. The molecule has 1 saturated carbocycles.